The second-order valence-electron chi connectivity index (χ2n) is 4.69. The molecule has 2 aliphatic rings. The molecule has 0 aromatic carbocycles. The molecule has 1 fully saturated rings. The minimum Gasteiger partial charge on any atom is -0.249 e. The van der Waals surface area contributed by atoms with Gasteiger partial charge < -0.3 is 0 Å². The van der Waals surface area contributed by atoms with Gasteiger partial charge in [0, 0.05) is 9.75 Å². The predicted octanol–water partition coefficient (Wildman–Crippen LogP) is 4.88. The summed E-state index contributed by atoms with van der Waals surface area (Å²) in [4.78, 5) is 4.54. The zero-order chi connectivity index (χ0) is 12.8. The molecule has 0 atom stereocenters. The number of allylic oxidation sites excluding steroid dienone is 2. The fraction of sp³-hybridized carbons (Fsp3) is 0.200. The van der Waals surface area contributed by atoms with Gasteiger partial charge in [-0.3, -0.25) is 0 Å². The van der Waals surface area contributed by atoms with Gasteiger partial charge in [0.15, 0.2) is 0 Å². The van der Waals surface area contributed by atoms with Crippen LogP contribution in [-0.4, -0.2) is 4.21 Å². The molecule has 3 heterocycles. The van der Waals surface area contributed by atoms with Crippen LogP contribution in [0.1, 0.15) is 29.0 Å². The van der Waals surface area contributed by atoms with Crippen molar-refractivity contribution in [2.45, 2.75) is 19.3 Å². The van der Waals surface area contributed by atoms with E-state index in [9.17, 15) is 4.21 Å². The van der Waals surface area contributed by atoms with Crippen molar-refractivity contribution in [3.8, 4) is 0 Å². The van der Waals surface area contributed by atoms with Crippen LogP contribution in [0, 0.1) is 0 Å². The fourth-order valence-electron chi connectivity index (χ4n) is 2.87. The second-order valence-corrected chi connectivity index (χ2v) is 7.94. The first-order valence-corrected chi connectivity index (χ1v) is 9.23. The van der Waals surface area contributed by atoms with E-state index in [1.165, 1.54) is 27.3 Å². The normalized spacial score (nSPS) is 19.6. The van der Waals surface area contributed by atoms with Crippen molar-refractivity contribution < 1.29 is 4.21 Å². The van der Waals surface area contributed by atoms with Gasteiger partial charge >= 0.3 is 0 Å². The monoisotopic (exact) mass is 304 g/mol. The third-order valence-corrected chi connectivity index (χ3v) is 7.33. The zero-order valence-corrected chi connectivity index (χ0v) is 12.7. The Balaban J connectivity index is 1.90. The van der Waals surface area contributed by atoms with Gasteiger partial charge in [0.2, 0.25) is 0 Å². The molecule has 4 heteroatoms. The molecule has 96 valence electrons. The van der Waals surface area contributed by atoms with Gasteiger partial charge in [-0.2, -0.15) is 0 Å². The molecule has 0 amide bonds. The van der Waals surface area contributed by atoms with Crippen molar-refractivity contribution in [2.75, 3.05) is 0 Å². The molecule has 0 unspecified atom stereocenters. The number of thiophene rings is 2. The van der Waals surface area contributed by atoms with Gasteiger partial charge in [0.05, 0.1) is 20.6 Å². The highest BCUT2D eigenvalue weighted by molar-refractivity contribution is 8.04. The average Bonchev–Trinajstić information content (AvgIpc) is 3.12. The maximum Gasteiger partial charge on any atom is 0.0884 e. The Morgan fingerprint density at radius 2 is 1.42 bits per heavy atom. The van der Waals surface area contributed by atoms with Crippen molar-refractivity contribution in [1.82, 2.24) is 0 Å². The molecule has 2 aromatic heterocycles. The van der Waals surface area contributed by atoms with E-state index in [0.717, 1.165) is 22.7 Å². The molecule has 2 aromatic rings. The molecule has 0 radical (unpaired) electrons. The van der Waals surface area contributed by atoms with Crippen LogP contribution in [0.15, 0.2) is 46.2 Å². The van der Waals surface area contributed by atoms with Gasteiger partial charge in [-0.1, -0.05) is 12.1 Å². The standard InChI is InChI=1S/C15H12OS3/c16-19-14(12-6-2-8-17-12)10-4-1-5-11(10)15(19)13-7-3-9-18-13/h2-3,6-9H,1,4-5H2. The lowest BCUT2D eigenvalue weighted by Gasteiger charge is -2.04. The summed E-state index contributed by atoms with van der Waals surface area (Å²) >= 11 is 3.40. The highest BCUT2D eigenvalue weighted by atomic mass is 32.2. The Labute approximate surface area is 122 Å². The van der Waals surface area contributed by atoms with Gasteiger partial charge in [0.1, 0.15) is 0 Å². The summed E-state index contributed by atoms with van der Waals surface area (Å²) in [5, 5.41) is 4.13. The summed E-state index contributed by atoms with van der Waals surface area (Å²) in [5.74, 6) is 0. The van der Waals surface area contributed by atoms with E-state index in [-0.39, 0.29) is 0 Å². The Hall–Kier alpha value is -0.970. The quantitative estimate of drug-likeness (QED) is 0.773. The van der Waals surface area contributed by atoms with Crippen molar-refractivity contribution in [3.63, 3.8) is 0 Å². The van der Waals surface area contributed by atoms with E-state index in [1.807, 2.05) is 12.1 Å². The van der Waals surface area contributed by atoms with Crippen LogP contribution in [0.5, 0.6) is 0 Å². The third-order valence-electron chi connectivity index (χ3n) is 3.63. The SMILES string of the molecule is O=S1C(c2cccs2)=C2CCCC2=C1c1cccs1. The van der Waals surface area contributed by atoms with Gasteiger partial charge in [0.25, 0.3) is 0 Å². The largest absolute Gasteiger partial charge is 0.249 e. The predicted molar refractivity (Wildman–Crippen MR) is 84.5 cm³/mol. The second kappa shape index (κ2) is 4.54. The van der Waals surface area contributed by atoms with E-state index < -0.39 is 10.8 Å². The maximum absolute atomic E-state index is 12.9. The first kappa shape index (κ1) is 11.8. The summed E-state index contributed by atoms with van der Waals surface area (Å²) in [6, 6.07) is 8.28. The Bertz CT molecular complexity index is 642. The molecule has 1 nitrogen and oxygen atoms in total. The first-order valence-electron chi connectivity index (χ1n) is 6.32. The molecule has 0 saturated heterocycles. The molecule has 1 saturated carbocycles. The van der Waals surface area contributed by atoms with Gasteiger partial charge in [-0.15, -0.1) is 22.7 Å². The topological polar surface area (TPSA) is 17.1 Å². The van der Waals surface area contributed by atoms with E-state index in [0.29, 0.717) is 0 Å². The number of rotatable bonds is 2. The van der Waals surface area contributed by atoms with E-state index in [4.69, 9.17) is 0 Å². The lowest BCUT2D eigenvalue weighted by Crippen LogP contribution is -1.92. The smallest absolute Gasteiger partial charge is 0.0884 e. The fourth-order valence-corrected chi connectivity index (χ4v) is 6.60. The number of hydrogen-bond donors (Lipinski definition) is 0. The van der Waals surface area contributed by atoms with Crippen LogP contribution in [0.4, 0.5) is 0 Å². The Morgan fingerprint density at radius 3 is 1.84 bits per heavy atom. The summed E-state index contributed by atoms with van der Waals surface area (Å²) in [6.45, 7) is 0. The minimum atomic E-state index is -0.986. The lowest BCUT2D eigenvalue weighted by atomic mass is 10.1. The molecule has 0 N–H and O–H groups in total. The molecule has 0 spiro atoms. The summed E-state index contributed by atoms with van der Waals surface area (Å²) in [5.41, 5.74) is 2.73. The van der Waals surface area contributed by atoms with Crippen molar-refractivity contribution in [2.24, 2.45) is 0 Å². The van der Waals surface area contributed by atoms with Gasteiger partial charge in [-0.25, -0.2) is 4.21 Å². The zero-order valence-electron chi connectivity index (χ0n) is 10.2. The number of fused-ring (bicyclic) bond motifs is 1. The highest BCUT2D eigenvalue weighted by Crippen LogP contribution is 2.51. The highest BCUT2D eigenvalue weighted by Gasteiger charge is 2.35. The summed E-state index contributed by atoms with van der Waals surface area (Å²) in [6.07, 6.45) is 3.37. The summed E-state index contributed by atoms with van der Waals surface area (Å²) < 4.78 is 12.9. The van der Waals surface area contributed by atoms with E-state index >= 15 is 0 Å². The maximum atomic E-state index is 12.9. The molecule has 1 aliphatic heterocycles. The van der Waals surface area contributed by atoms with Crippen LogP contribution in [-0.2, 0) is 10.8 Å². The summed E-state index contributed by atoms with van der Waals surface area (Å²) in [7, 11) is -0.986. The molecule has 4 rings (SSSR count). The van der Waals surface area contributed by atoms with Crippen molar-refractivity contribution in [3.05, 3.63) is 55.9 Å². The molecular weight excluding hydrogens is 292 g/mol. The lowest BCUT2D eigenvalue weighted by molar-refractivity contribution is 0.694. The van der Waals surface area contributed by atoms with Crippen LogP contribution >= 0.6 is 22.7 Å². The molecule has 19 heavy (non-hydrogen) atoms. The molecular formula is C15H12OS3. The van der Waals surface area contributed by atoms with Gasteiger partial charge in [-0.05, 0) is 53.3 Å². The average molecular weight is 304 g/mol. The van der Waals surface area contributed by atoms with Crippen LogP contribution < -0.4 is 0 Å². The van der Waals surface area contributed by atoms with Crippen LogP contribution in [0.25, 0.3) is 9.81 Å². The van der Waals surface area contributed by atoms with Crippen LogP contribution in [0.2, 0.25) is 0 Å². The Kier molecular flexibility index (Phi) is 2.83. The first-order chi connectivity index (χ1) is 9.36. The van der Waals surface area contributed by atoms with Crippen molar-refractivity contribution in [1.29, 1.82) is 0 Å². The van der Waals surface area contributed by atoms with Crippen LogP contribution in [0.3, 0.4) is 0 Å². The third kappa shape index (κ3) is 1.74. The molecule has 0 bridgehead atoms. The number of hydrogen-bond acceptors (Lipinski definition) is 3. The Morgan fingerprint density at radius 1 is 0.895 bits per heavy atom. The van der Waals surface area contributed by atoms with E-state index in [2.05, 4.69) is 22.9 Å². The minimum absolute atomic E-state index is 0.986. The van der Waals surface area contributed by atoms with Crippen molar-refractivity contribution >= 4 is 43.3 Å². The van der Waals surface area contributed by atoms with E-state index in [1.54, 1.807) is 22.7 Å². The molecule has 1 aliphatic carbocycles.